The van der Waals surface area contributed by atoms with E-state index in [0.717, 1.165) is 17.2 Å². The molecule has 0 N–H and O–H groups in total. The molecule has 28 heavy (non-hydrogen) atoms. The molecule has 0 aromatic heterocycles. The van der Waals surface area contributed by atoms with Crippen LogP contribution >= 0.6 is 0 Å². The summed E-state index contributed by atoms with van der Waals surface area (Å²) in [6.07, 6.45) is 12.5. The molecular formula is C26H34N2. The molecule has 0 aliphatic heterocycles. The van der Waals surface area contributed by atoms with Crippen molar-refractivity contribution in [2.75, 3.05) is 0 Å². The Bertz CT molecular complexity index is 751. The van der Waals surface area contributed by atoms with Gasteiger partial charge in [0.25, 0.3) is 0 Å². The maximum atomic E-state index is 4.72. The van der Waals surface area contributed by atoms with Crippen molar-refractivity contribution < 1.29 is 0 Å². The molecule has 1 aliphatic rings. The summed E-state index contributed by atoms with van der Waals surface area (Å²) < 4.78 is 0. The van der Waals surface area contributed by atoms with Crippen molar-refractivity contribution in [3.05, 3.63) is 71.3 Å². The number of unbranched alkanes of at least 4 members (excludes halogenated alkanes) is 2. The van der Waals surface area contributed by atoms with Crippen LogP contribution in [0.25, 0.3) is 0 Å². The molecule has 0 bridgehead atoms. The van der Waals surface area contributed by atoms with Crippen molar-refractivity contribution in [2.24, 2.45) is 22.0 Å². The van der Waals surface area contributed by atoms with Crippen LogP contribution in [0.4, 0.5) is 0 Å². The summed E-state index contributed by atoms with van der Waals surface area (Å²) >= 11 is 0. The summed E-state index contributed by atoms with van der Waals surface area (Å²) in [5.74, 6) is 1.44. The molecule has 0 spiro atoms. The van der Waals surface area contributed by atoms with Gasteiger partial charge in [0, 0.05) is 5.92 Å². The van der Waals surface area contributed by atoms with Crippen LogP contribution < -0.4 is 0 Å². The molecule has 0 unspecified atom stereocenters. The zero-order valence-corrected chi connectivity index (χ0v) is 17.5. The van der Waals surface area contributed by atoms with Crippen LogP contribution in [0.5, 0.6) is 0 Å². The van der Waals surface area contributed by atoms with Crippen molar-refractivity contribution in [1.29, 1.82) is 0 Å². The van der Waals surface area contributed by atoms with E-state index in [1.807, 2.05) is 6.21 Å². The first-order valence-electron chi connectivity index (χ1n) is 11.0. The van der Waals surface area contributed by atoms with Crippen LogP contribution in [0.2, 0.25) is 0 Å². The Morgan fingerprint density at radius 1 is 0.929 bits per heavy atom. The highest BCUT2D eigenvalue weighted by molar-refractivity contribution is 6.02. The fraction of sp³-hybridized carbons (Fsp3) is 0.462. The Kier molecular flexibility index (Phi) is 8.02. The standard InChI is InChI=1S/C26H34N2/c1-3-4-6-9-22-16-18-25(19-17-22)26(24-10-7-5-8-11-24)28-27-20-23-14-12-21(2)13-15-23/h5,7-8,10-15,20,22,25H,3-4,6,9,16-19H2,1-2H3. The zero-order valence-electron chi connectivity index (χ0n) is 17.5. The van der Waals surface area contributed by atoms with E-state index in [0.29, 0.717) is 5.92 Å². The molecule has 0 atom stereocenters. The second-order valence-corrected chi connectivity index (χ2v) is 8.22. The lowest BCUT2D eigenvalue weighted by atomic mass is 9.76. The van der Waals surface area contributed by atoms with Crippen LogP contribution in [0.15, 0.2) is 64.8 Å². The summed E-state index contributed by atoms with van der Waals surface area (Å²) in [7, 11) is 0. The summed E-state index contributed by atoms with van der Waals surface area (Å²) in [5.41, 5.74) is 4.75. The maximum Gasteiger partial charge on any atom is 0.0733 e. The largest absolute Gasteiger partial charge is 0.158 e. The molecule has 1 aliphatic carbocycles. The van der Waals surface area contributed by atoms with Gasteiger partial charge in [-0.3, -0.25) is 0 Å². The second kappa shape index (κ2) is 10.9. The molecule has 0 amide bonds. The third kappa shape index (κ3) is 6.15. The van der Waals surface area contributed by atoms with E-state index in [9.17, 15) is 0 Å². The molecule has 2 nitrogen and oxygen atoms in total. The zero-order chi connectivity index (χ0) is 19.6. The molecule has 2 aromatic rings. The van der Waals surface area contributed by atoms with Crippen LogP contribution in [0, 0.1) is 18.8 Å². The highest BCUT2D eigenvalue weighted by Crippen LogP contribution is 2.34. The van der Waals surface area contributed by atoms with Gasteiger partial charge in [-0.25, -0.2) is 0 Å². The number of hydrogen-bond acceptors (Lipinski definition) is 2. The van der Waals surface area contributed by atoms with Gasteiger partial charge < -0.3 is 0 Å². The van der Waals surface area contributed by atoms with Gasteiger partial charge in [-0.15, -0.1) is 0 Å². The average Bonchev–Trinajstić information content (AvgIpc) is 2.74. The molecule has 2 aromatic carbocycles. The Balaban J connectivity index is 1.69. The molecule has 2 heteroatoms. The second-order valence-electron chi connectivity index (χ2n) is 8.22. The molecule has 0 heterocycles. The topological polar surface area (TPSA) is 24.7 Å². The smallest absolute Gasteiger partial charge is 0.0733 e. The minimum Gasteiger partial charge on any atom is -0.158 e. The van der Waals surface area contributed by atoms with E-state index < -0.39 is 0 Å². The van der Waals surface area contributed by atoms with Crippen molar-refractivity contribution in [3.8, 4) is 0 Å². The number of hydrogen-bond donors (Lipinski definition) is 0. The summed E-state index contributed by atoms with van der Waals surface area (Å²) in [4.78, 5) is 0. The van der Waals surface area contributed by atoms with Crippen LogP contribution in [0.3, 0.4) is 0 Å². The van der Waals surface area contributed by atoms with E-state index in [1.165, 1.54) is 62.5 Å². The minimum absolute atomic E-state index is 0.528. The third-order valence-electron chi connectivity index (χ3n) is 5.97. The van der Waals surface area contributed by atoms with Crippen molar-refractivity contribution in [2.45, 2.75) is 65.2 Å². The van der Waals surface area contributed by atoms with Gasteiger partial charge >= 0.3 is 0 Å². The van der Waals surface area contributed by atoms with E-state index in [-0.39, 0.29) is 0 Å². The van der Waals surface area contributed by atoms with Crippen LogP contribution in [-0.4, -0.2) is 11.9 Å². The van der Waals surface area contributed by atoms with E-state index in [1.54, 1.807) is 0 Å². The van der Waals surface area contributed by atoms with Crippen molar-refractivity contribution >= 4 is 11.9 Å². The monoisotopic (exact) mass is 374 g/mol. The van der Waals surface area contributed by atoms with E-state index in [4.69, 9.17) is 5.10 Å². The third-order valence-corrected chi connectivity index (χ3v) is 5.97. The van der Waals surface area contributed by atoms with Gasteiger partial charge in [0.2, 0.25) is 0 Å². The predicted octanol–water partition coefficient (Wildman–Crippen LogP) is 7.20. The van der Waals surface area contributed by atoms with Gasteiger partial charge in [0.1, 0.15) is 0 Å². The van der Waals surface area contributed by atoms with Gasteiger partial charge in [-0.2, -0.15) is 10.2 Å². The number of benzene rings is 2. The highest BCUT2D eigenvalue weighted by atomic mass is 15.2. The minimum atomic E-state index is 0.528. The van der Waals surface area contributed by atoms with Gasteiger partial charge in [-0.05, 0) is 49.7 Å². The normalized spacial score (nSPS) is 20.6. The lowest BCUT2D eigenvalue weighted by molar-refractivity contribution is 0.299. The number of nitrogens with zero attached hydrogens (tertiary/aromatic N) is 2. The Morgan fingerprint density at radius 2 is 1.64 bits per heavy atom. The first-order valence-corrected chi connectivity index (χ1v) is 11.0. The number of rotatable bonds is 8. The maximum absolute atomic E-state index is 4.72. The molecule has 0 saturated heterocycles. The Hall–Kier alpha value is -2.22. The molecule has 3 rings (SSSR count). The molecule has 1 saturated carbocycles. The lowest BCUT2D eigenvalue weighted by Gasteiger charge is -2.29. The van der Waals surface area contributed by atoms with Crippen molar-refractivity contribution in [1.82, 2.24) is 0 Å². The molecule has 0 radical (unpaired) electrons. The first-order chi connectivity index (χ1) is 13.8. The first kappa shape index (κ1) is 20.5. The van der Waals surface area contributed by atoms with Crippen molar-refractivity contribution in [3.63, 3.8) is 0 Å². The van der Waals surface area contributed by atoms with Crippen LogP contribution in [0.1, 0.15) is 75.0 Å². The number of aryl methyl sites for hydroxylation is 1. The van der Waals surface area contributed by atoms with Gasteiger partial charge in [0.05, 0.1) is 11.9 Å². The van der Waals surface area contributed by atoms with Crippen LogP contribution in [-0.2, 0) is 0 Å². The van der Waals surface area contributed by atoms with Gasteiger partial charge in [0.15, 0.2) is 0 Å². The fourth-order valence-electron chi connectivity index (χ4n) is 4.20. The Morgan fingerprint density at radius 3 is 2.32 bits per heavy atom. The quantitative estimate of drug-likeness (QED) is 0.265. The molecule has 148 valence electrons. The SMILES string of the molecule is CCCCCC1CCC(C(=NN=Cc2ccc(C)cc2)c2ccccc2)CC1. The molecular weight excluding hydrogens is 340 g/mol. The lowest BCUT2D eigenvalue weighted by Crippen LogP contribution is -2.22. The highest BCUT2D eigenvalue weighted by Gasteiger charge is 2.25. The average molecular weight is 375 g/mol. The summed E-state index contributed by atoms with van der Waals surface area (Å²) in [5, 5.41) is 9.19. The van der Waals surface area contributed by atoms with E-state index >= 15 is 0 Å². The molecule has 1 fully saturated rings. The summed E-state index contributed by atoms with van der Waals surface area (Å²) in [6, 6.07) is 19.0. The fourth-order valence-corrected chi connectivity index (χ4v) is 4.20. The Labute approximate surface area is 170 Å². The summed E-state index contributed by atoms with van der Waals surface area (Å²) in [6.45, 7) is 4.39. The predicted molar refractivity (Wildman–Crippen MR) is 121 cm³/mol. The van der Waals surface area contributed by atoms with Gasteiger partial charge in [-0.1, -0.05) is 92.8 Å². The van der Waals surface area contributed by atoms with E-state index in [2.05, 4.69) is 73.5 Å².